The number of hydrogen-bond acceptors (Lipinski definition) is 3. The van der Waals surface area contributed by atoms with Crippen molar-refractivity contribution in [3.63, 3.8) is 0 Å². The van der Waals surface area contributed by atoms with Crippen molar-refractivity contribution in [2.45, 2.75) is 32.6 Å². The fraction of sp³-hybridized carbons (Fsp3) is 0.273. The van der Waals surface area contributed by atoms with Gasteiger partial charge in [0, 0.05) is 32.2 Å². The number of hydrogen-bond donors (Lipinski definition) is 2. The third kappa shape index (κ3) is 3.83. The molecule has 3 aromatic rings. The van der Waals surface area contributed by atoms with Gasteiger partial charge in [-0.1, -0.05) is 15.9 Å². The van der Waals surface area contributed by atoms with Crippen LogP contribution in [0.4, 0.5) is 0 Å². The molecule has 5 nitrogen and oxygen atoms in total. The molecule has 28 heavy (non-hydrogen) atoms. The van der Waals surface area contributed by atoms with Gasteiger partial charge < -0.3 is 9.72 Å². The van der Waals surface area contributed by atoms with Crippen LogP contribution in [0.2, 0.25) is 0 Å². The number of carbonyl (C=O) groups is 1. The second-order valence-electron chi connectivity index (χ2n) is 6.86. The zero-order valence-electron chi connectivity index (χ0n) is 15.7. The van der Waals surface area contributed by atoms with Gasteiger partial charge in [0.05, 0.1) is 12.8 Å². The molecule has 2 aromatic carbocycles. The first-order valence-electron chi connectivity index (χ1n) is 9.55. The SMILES string of the molecule is CCOc1ccc(Br)cc1/C=N/NC(=O)c1ccc2[nH]c3c(c2c1)CCCC3. The zero-order valence-corrected chi connectivity index (χ0v) is 17.3. The topological polar surface area (TPSA) is 66.5 Å². The summed E-state index contributed by atoms with van der Waals surface area (Å²) < 4.78 is 6.52. The largest absolute Gasteiger partial charge is 0.493 e. The fourth-order valence-electron chi connectivity index (χ4n) is 3.68. The van der Waals surface area contributed by atoms with Gasteiger partial charge in [0.2, 0.25) is 0 Å². The number of amides is 1. The van der Waals surface area contributed by atoms with Crippen molar-refractivity contribution in [3.05, 3.63) is 63.3 Å². The van der Waals surface area contributed by atoms with E-state index in [1.54, 1.807) is 6.21 Å². The Morgan fingerprint density at radius 3 is 2.96 bits per heavy atom. The summed E-state index contributed by atoms with van der Waals surface area (Å²) in [5.74, 6) is 0.501. The highest BCUT2D eigenvalue weighted by Crippen LogP contribution is 2.29. The number of nitrogens with zero attached hydrogens (tertiary/aromatic N) is 1. The number of hydrazone groups is 1. The smallest absolute Gasteiger partial charge is 0.271 e. The minimum absolute atomic E-state index is 0.225. The lowest BCUT2D eigenvalue weighted by molar-refractivity contribution is 0.0955. The van der Waals surface area contributed by atoms with Crippen molar-refractivity contribution in [3.8, 4) is 5.75 Å². The Morgan fingerprint density at radius 2 is 2.11 bits per heavy atom. The number of aryl methyl sites for hydroxylation is 2. The van der Waals surface area contributed by atoms with E-state index in [-0.39, 0.29) is 5.91 Å². The van der Waals surface area contributed by atoms with Gasteiger partial charge in [0.25, 0.3) is 5.91 Å². The molecule has 0 unspecified atom stereocenters. The van der Waals surface area contributed by atoms with Crippen LogP contribution in [0.3, 0.4) is 0 Å². The van der Waals surface area contributed by atoms with E-state index >= 15 is 0 Å². The molecule has 4 rings (SSSR count). The number of halogens is 1. The first-order valence-corrected chi connectivity index (χ1v) is 10.3. The Morgan fingerprint density at radius 1 is 1.25 bits per heavy atom. The zero-order chi connectivity index (χ0) is 19.5. The Labute approximate surface area is 172 Å². The summed E-state index contributed by atoms with van der Waals surface area (Å²) in [4.78, 5) is 16.1. The lowest BCUT2D eigenvalue weighted by Crippen LogP contribution is -2.17. The number of nitrogens with one attached hydrogen (secondary N) is 2. The van der Waals surface area contributed by atoms with E-state index in [9.17, 15) is 4.79 Å². The highest BCUT2D eigenvalue weighted by Gasteiger charge is 2.16. The molecular weight excluding hydrogens is 418 g/mol. The van der Waals surface area contributed by atoms with Crippen molar-refractivity contribution in [1.82, 2.24) is 10.4 Å². The standard InChI is InChI=1S/C22H22BrN3O2/c1-2-28-21-10-8-16(23)11-15(21)13-24-26-22(27)14-7-9-20-18(12-14)17-5-3-4-6-19(17)25-20/h7-13,25H,2-6H2,1H3,(H,26,27)/b24-13+. The molecular formula is C22H22BrN3O2. The summed E-state index contributed by atoms with van der Waals surface area (Å²) in [6, 6.07) is 11.5. The van der Waals surface area contributed by atoms with E-state index in [1.807, 2.05) is 43.3 Å². The Hall–Kier alpha value is -2.60. The van der Waals surface area contributed by atoms with Crippen LogP contribution in [0.1, 0.15) is 46.9 Å². The lowest BCUT2D eigenvalue weighted by Gasteiger charge is -2.10. The molecule has 2 N–H and O–H groups in total. The number of aromatic amines is 1. The van der Waals surface area contributed by atoms with Crippen LogP contribution in [-0.2, 0) is 12.8 Å². The molecule has 1 aliphatic carbocycles. The van der Waals surface area contributed by atoms with Crippen LogP contribution in [0.15, 0.2) is 46.0 Å². The highest BCUT2D eigenvalue weighted by molar-refractivity contribution is 9.10. The molecule has 0 radical (unpaired) electrons. The van der Waals surface area contributed by atoms with Crippen molar-refractivity contribution in [2.75, 3.05) is 6.61 Å². The molecule has 0 saturated carbocycles. The van der Waals surface area contributed by atoms with Gasteiger partial charge in [0.15, 0.2) is 0 Å². The minimum atomic E-state index is -0.225. The molecule has 1 heterocycles. The van der Waals surface area contributed by atoms with Crippen molar-refractivity contribution in [1.29, 1.82) is 0 Å². The number of benzene rings is 2. The van der Waals surface area contributed by atoms with Crippen molar-refractivity contribution >= 4 is 39.0 Å². The Bertz CT molecular complexity index is 1060. The number of carbonyl (C=O) groups excluding carboxylic acids is 1. The molecule has 1 amide bonds. The summed E-state index contributed by atoms with van der Waals surface area (Å²) in [6.45, 7) is 2.50. The first kappa shape index (κ1) is 18.7. The number of fused-ring (bicyclic) bond motifs is 3. The molecule has 144 valence electrons. The van der Waals surface area contributed by atoms with Crippen LogP contribution >= 0.6 is 15.9 Å². The predicted molar refractivity (Wildman–Crippen MR) is 115 cm³/mol. The average molecular weight is 440 g/mol. The molecule has 1 aliphatic rings. The third-order valence-electron chi connectivity index (χ3n) is 5.00. The van der Waals surface area contributed by atoms with Gasteiger partial charge in [-0.05, 0) is 74.6 Å². The molecule has 0 fully saturated rings. The minimum Gasteiger partial charge on any atom is -0.493 e. The van der Waals surface area contributed by atoms with Crippen molar-refractivity contribution < 1.29 is 9.53 Å². The molecule has 0 saturated heterocycles. The maximum atomic E-state index is 12.6. The number of rotatable bonds is 5. The molecule has 0 atom stereocenters. The summed E-state index contributed by atoms with van der Waals surface area (Å²) >= 11 is 3.45. The van der Waals surface area contributed by atoms with E-state index in [0.717, 1.165) is 39.5 Å². The van der Waals surface area contributed by atoms with Gasteiger partial charge in [-0.15, -0.1) is 0 Å². The second kappa shape index (κ2) is 8.19. The molecule has 0 aliphatic heterocycles. The van der Waals surface area contributed by atoms with E-state index in [2.05, 4.69) is 31.4 Å². The molecule has 1 aromatic heterocycles. The first-order chi connectivity index (χ1) is 13.7. The Balaban J connectivity index is 1.53. The van der Waals surface area contributed by atoms with Crippen LogP contribution in [0.5, 0.6) is 5.75 Å². The predicted octanol–water partition coefficient (Wildman–Crippen LogP) is 4.97. The monoisotopic (exact) mass is 439 g/mol. The average Bonchev–Trinajstić information content (AvgIpc) is 3.08. The van der Waals surface area contributed by atoms with Crippen LogP contribution < -0.4 is 10.2 Å². The van der Waals surface area contributed by atoms with Gasteiger partial charge >= 0.3 is 0 Å². The quantitative estimate of drug-likeness (QED) is 0.435. The number of H-pyrrole nitrogens is 1. The van der Waals surface area contributed by atoms with Crippen LogP contribution in [0, 0.1) is 0 Å². The van der Waals surface area contributed by atoms with Gasteiger partial charge in [-0.3, -0.25) is 4.79 Å². The van der Waals surface area contributed by atoms with Crippen LogP contribution in [0.25, 0.3) is 10.9 Å². The summed E-state index contributed by atoms with van der Waals surface area (Å²) in [6.07, 6.45) is 6.19. The van der Waals surface area contributed by atoms with Gasteiger partial charge in [-0.2, -0.15) is 5.10 Å². The molecule has 0 spiro atoms. The lowest BCUT2D eigenvalue weighted by atomic mass is 9.95. The van der Waals surface area contributed by atoms with Gasteiger partial charge in [0.1, 0.15) is 5.75 Å². The maximum absolute atomic E-state index is 12.6. The second-order valence-corrected chi connectivity index (χ2v) is 7.78. The number of aromatic nitrogens is 1. The fourth-order valence-corrected chi connectivity index (χ4v) is 4.06. The van der Waals surface area contributed by atoms with Crippen molar-refractivity contribution in [2.24, 2.45) is 5.10 Å². The maximum Gasteiger partial charge on any atom is 0.271 e. The highest BCUT2D eigenvalue weighted by atomic mass is 79.9. The number of ether oxygens (including phenoxy) is 1. The summed E-state index contributed by atoms with van der Waals surface area (Å²) in [7, 11) is 0. The van der Waals surface area contributed by atoms with Gasteiger partial charge in [-0.25, -0.2) is 5.43 Å². The van der Waals surface area contributed by atoms with E-state index in [0.29, 0.717) is 12.2 Å². The molecule has 0 bridgehead atoms. The normalized spacial score (nSPS) is 13.6. The van der Waals surface area contributed by atoms with E-state index in [1.165, 1.54) is 24.1 Å². The van der Waals surface area contributed by atoms with E-state index in [4.69, 9.17) is 4.74 Å². The molecule has 6 heteroatoms. The van der Waals surface area contributed by atoms with Crippen LogP contribution in [-0.4, -0.2) is 23.7 Å². The summed E-state index contributed by atoms with van der Waals surface area (Å²) in [5, 5.41) is 5.27. The van der Waals surface area contributed by atoms with E-state index < -0.39 is 0 Å². The summed E-state index contributed by atoms with van der Waals surface area (Å²) in [5.41, 5.74) is 7.80. The third-order valence-corrected chi connectivity index (χ3v) is 5.49. The Kier molecular flexibility index (Phi) is 5.48.